The van der Waals surface area contributed by atoms with Crippen LogP contribution in [0.5, 0.6) is 0 Å². The molecule has 0 amide bonds. The van der Waals surface area contributed by atoms with E-state index in [1.54, 1.807) is 0 Å². The number of aryl methyl sites for hydroxylation is 1. The highest BCUT2D eigenvalue weighted by Gasteiger charge is 2.21. The summed E-state index contributed by atoms with van der Waals surface area (Å²) in [5, 5.41) is 3.70. The summed E-state index contributed by atoms with van der Waals surface area (Å²) in [4.78, 5) is 11.1. The van der Waals surface area contributed by atoms with Crippen LogP contribution in [0.3, 0.4) is 0 Å². The van der Waals surface area contributed by atoms with E-state index in [2.05, 4.69) is 40.6 Å². The maximum absolute atomic E-state index is 4.50. The van der Waals surface area contributed by atoms with Crippen molar-refractivity contribution in [1.29, 1.82) is 0 Å². The first-order valence-corrected chi connectivity index (χ1v) is 7.47. The smallest absolute Gasteiger partial charge is 0.125 e. The van der Waals surface area contributed by atoms with E-state index < -0.39 is 0 Å². The molecule has 110 valence electrons. The number of hydrogen-bond acceptors (Lipinski definition) is 4. The zero-order chi connectivity index (χ0) is 14.5. The lowest BCUT2D eigenvalue weighted by atomic mass is 10.0. The van der Waals surface area contributed by atoms with Gasteiger partial charge in [0.1, 0.15) is 5.82 Å². The van der Waals surface area contributed by atoms with Crippen LogP contribution in [-0.2, 0) is 0 Å². The molecule has 1 saturated heterocycles. The third kappa shape index (κ3) is 4.39. The normalized spacial score (nSPS) is 18.9. The van der Waals surface area contributed by atoms with Crippen molar-refractivity contribution in [3.63, 3.8) is 0 Å². The number of nitrogens with zero attached hydrogens (tertiary/aromatic N) is 3. The lowest BCUT2D eigenvalue weighted by Crippen LogP contribution is -2.43. The fourth-order valence-electron chi connectivity index (χ4n) is 2.79. The van der Waals surface area contributed by atoms with Crippen LogP contribution in [0.4, 0.5) is 0 Å². The molecule has 1 aliphatic rings. The fourth-order valence-corrected chi connectivity index (χ4v) is 2.79. The number of likely N-dealkylation sites (tertiary alicyclic amines) is 1. The summed E-state index contributed by atoms with van der Waals surface area (Å²) in [5.41, 5.74) is 2.34. The van der Waals surface area contributed by atoms with Crippen molar-refractivity contribution in [2.24, 2.45) is 0 Å². The highest BCUT2D eigenvalue weighted by Crippen LogP contribution is 2.16. The lowest BCUT2D eigenvalue weighted by Gasteiger charge is -2.33. The van der Waals surface area contributed by atoms with Gasteiger partial charge in [-0.15, -0.1) is 0 Å². The zero-order valence-electron chi connectivity index (χ0n) is 12.9. The monoisotopic (exact) mass is 274 g/mol. The van der Waals surface area contributed by atoms with Gasteiger partial charge in [-0.25, -0.2) is 9.97 Å². The quantitative estimate of drug-likeness (QED) is 0.838. The molecule has 0 spiro atoms. The van der Waals surface area contributed by atoms with Crippen molar-refractivity contribution in [3.8, 4) is 0 Å². The Bertz CT molecular complexity index is 450. The van der Waals surface area contributed by atoms with E-state index in [-0.39, 0.29) is 6.04 Å². The number of hydrogen-bond donors (Lipinski definition) is 1. The van der Waals surface area contributed by atoms with E-state index in [9.17, 15) is 0 Å². The van der Waals surface area contributed by atoms with Crippen molar-refractivity contribution < 1.29 is 0 Å². The molecule has 0 bridgehead atoms. The highest BCUT2D eigenvalue weighted by atomic mass is 15.1. The largest absolute Gasteiger partial charge is 0.306 e. The molecule has 0 aromatic carbocycles. The molecule has 4 nitrogen and oxygen atoms in total. The number of nitrogens with one attached hydrogen (secondary N) is 1. The summed E-state index contributed by atoms with van der Waals surface area (Å²) >= 11 is 0. The number of aromatic nitrogens is 2. The fraction of sp³-hybridized carbons (Fsp3) is 0.625. The van der Waals surface area contributed by atoms with Crippen molar-refractivity contribution in [2.45, 2.75) is 45.7 Å². The second-order valence-electron chi connectivity index (χ2n) is 5.92. The van der Waals surface area contributed by atoms with E-state index in [0.29, 0.717) is 6.04 Å². The Balaban J connectivity index is 1.82. The molecule has 1 unspecified atom stereocenters. The van der Waals surface area contributed by atoms with Gasteiger partial charge in [0.25, 0.3) is 0 Å². The maximum atomic E-state index is 4.50. The Kier molecular flexibility index (Phi) is 5.26. The molecule has 1 N–H and O–H groups in total. The van der Waals surface area contributed by atoms with Gasteiger partial charge in [0.05, 0.1) is 5.69 Å². The van der Waals surface area contributed by atoms with Crippen LogP contribution in [0.2, 0.25) is 0 Å². The summed E-state index contributed by atoms with van der Waals surface area (Å²) in [6, 6.07) is 2.87. The number of piperidine rings is 1. The van der Waals surface area contributed by atoms with Crippen molar-refractivity contribution in [1.82, 2.24) is 20.2 Å². The van der Waals surface area contributed by atoms with Gasteiger partial charge >= 0.3 is 0 Å². The molecule has 2 heterocycles. The Hall–Kier alpha value is -1.26. The average molecular weight is 274 g/mol. The standard InChI is InChI=1S/C16H26N4/c1-12(2)11-20-9-6-15(7-10-20)18-13(3)16-5-8-17-14(4)19-16/h5,8,13,15,18H,1,6-7,9-11H2,2-4H3. The van der Waals surface area contributed by atoms with Gasteiger partial charge in [0.15, 0.2) is 0 Å². The molecule has 1 fully saturated rings. The SMILES string of the molecule is C=C(C)CN1CCC(NC(C)c2ccnc(C)n2)CC1. The van der Waals surface area contributed by atoms with Crippen LogP contribution in [0.15, 0.2) is 24.4 Å². The molecule has 20 heavy (non-hydrogen) atoms. The predicted octanol–water partition coefficient (Wildman–Crippen LogP) is 2.48. The van der Waals surface area contributed by atoms with Crippen LogP contribution in [0.1, 0.15) is 44.2 Å². The van der Waals surface area contributed by atoms with E-state index in [1.807, 2.05) is 19.2 Å². The van der Waals surface area contributed by atoms with Gasteiger partial charge in [0, 0.05) is 24.8 Å². The summed E-state index contributed by atoms with van der Waals surface area (Å²) in [7, 11) is 0. The average Bonchev–Trinajstić information content (AvgIpc) is 2.40. The molecule has 0 saturated carbocycles. The predicted molar refractivity (Wildman–Crippen MR) is 82.6 cm³/mol. The molecular weight excluding hydrogens is 248 g/mol. The summed E-state index contributed by atoms with van der Waals surface area (Å²) in [5.74, 6) is 0.840. The van der Waals surface area contributed by atoms with Crippen LogP contribution in [-0.4, -0.2) is 40.5 Å². The van der Waals surface area contributed by atoms with Gasteiger partial charge in [0.2, 0.25) is 0 Å². The molecule has 0 radical (unpaired) electrons. The van der Waals surface area contributed by atoms with E-state index >= 15 is 0 Å². The van der Waals surface area contributed by atoms with Crippen LogP contribution < -0.4 is 5.32 Å². The molecule has 1 aromatic heterocycles. The molecular formula is C16H26N4. The van der Waals surface area contributed by atoms with Crippen molar-refractivity contribution in [3.05, 3.63) is 35.9 Å². The van der Waals surface area contributed by atoms with Gasteiger partial charge in [-0.3, -0.25) is 4.90 Å². The van der Waals surface area contributed by atoms with Crippen LogP contribution in [0.25, 0.3) is 0 Å². The second kappa shape index (κ2) is 6.95. The topological polar surface area (TPSA) is 41.0 Å². The lowest BCUT2D eigenvalue weighted by molar-refractivity contribution is 0.204. The third-order valence-electron chi connectivity index (χ3n) is 3.81. The van der Waals surface area contributed by atoms with Gasteiger partial charge < -0.3 is 5.32 Å². The van der Waals surface area contributed by atoms with Crippen molar-refractivity contribution >= 4 is 0 Å². The van der Waals surface area contributed by atoms with E-state index in [4.69, 9.17) is 0 Å². The Morgan fingerprint density at radius 3 is 2.80 bits per heavy atom. The van der Waals surface area contributed by atoms with E-state index in [1.165, 1.54) is 18.4 Å². The van der Waals surface area contributed by atoms with Gasteiger partial charge in [-0.1, -0.05) is 12.2 Å². The highest BCUT2D eigenvalue weighted by molar-refractivity contribution is 5.06. The van der Waals surface area contributed by atoms with Crippen LogP contribution >= 0.6 is 0 Å². The summed E-state index contributed by atoms with van der Waals surface area (Å²) < 4.78 is 0. The molecule has 0 aliphatic carbocycles. The van der Waals surface area contributed by atoms with Gasteiger partial charge in [-0.2, -0.15) is 0 Å². The van der Waals surface area contributed by atoms with Gasteiger partial charge in [-0.05, 0) is 52.8 Å². The Morgan fingerprint density at radius 1 is 1.50 bits per heavy atom. The first-order valence-electron chi connectivity index (χ1n) is 7.47. The number of rotatable bonds is 5. The van der Waals surface area contributed by atoms with Crippen LogP contribution in [0, 0.1) is 6.92 Å². The molecule has 1 aliphatic heterocycles. The molecule has 2 rings (SSSR count). The first kappa shape index (κ1) is 15.1. The Labute approximate surface area is 122 Å². The first-order chi connectivity index (χ1) is 9.54. The minimum absolute atomic E-state index is 0.286. The maximum Gasteiger partial charge on any atom is 0.125 e. The Morgan fingerprint density at radius 2 is 2.20 bits per heavy atom. The molecule has 4 heteroatoms. The minimum atomic E-state index is 0.286. The summed E-state index contributed by atoms with van der Waals surface area (Å²) in [6.45, 7) is 13.6. The zero-order valence-corrected chi connectivity index (χ0v) is 12.9. The third-order valence-corrected chi connectivity index (χ3v) is 3.81. The van der Waals surface area contributed by atoms with E-state index in [0.717, 1.165) is 31.2 Å². The van der Waals surface area contributed by atoms with Crippen molar-refractivity contribution in [2.75, 3.05) is 19.6 Å². The summed E-state index contributed by atoms with van der Waals surface area (Å²) in [6.07, 6.45) is 4.23. The second-order valence-corrected chi connectivity index (χ2v) is 5.92. The molecule has 1 atom stereocenters. The molecule has 1 aromatic rings. The minimum Gasteiger partial charge on any atom is -0.306 e.